The molecule has 0 radical (unpaired) electrons. The van der Waals surface area contributed by atoms with E-state index in [9.17, 15) is 19.5 Å². The lowest BCUT2D eigenvalue weighted by molar-refractivity contribution is -0.139. The van der Waals surface area contributed by atoms with E-state index in [4.69, 9.17) is 9.47 Å². The van der Waals surface area contributed by atoms with Crippen molar-refractivity contribution in [2.45, 2.75) is 43.7 Å². The number of carbonyl (C=O) groups is 3. The SMILES string of the molecule is O=C(O)CCC(NC(=O)OCC1c2ccccc2-c2ccccc21)C(=O)N1CCC[C@@H]2COC[C@@H]21. The Bertz CT molecular complexity index is 1070. The molecule has 8 heteroatoms. The van der Waals surface area contributed by atoms with Crippen LogP contribution in [0.5, 0.6) is 0 Å². The first-order valence-corrected chi connectivity index (χ1v) is 12.2. The van der Waals surface area contributed by atoms with Gasteiger partial charge < -0.3 is 24.8 Å². The number of nitrogens with one attached hydrogen (secondary N) is 1. The minimum atomic E-state index is -1.02. The first kappa shape index (κ1) is 23.4. The molecule has 0 saturated carbocycles. The zero-order valence-corrected chi connectivity index (χ0v) is 19.5. The van der Waals surface area contributed by atoms with Crippen LogP contribution in [0.25, 0.3) is 11.1 Å². The molecule has 2 amide bonds. The number of alkyl carbamates (subject to hydrolysis) is 1. The molecule has 2 heterocycles. The molecule has 2 aromatic carbocycles. The molecule has 3 atom stereocenters. The average molecular weight is 479 g/mol. The van der Waals surface area contributed by atoms with Crippen LogP contribution in [0.3, 0.4) is 0 Å². The Kier molecular flexibility index (Phi) is 6.72. The van der Waals surface area contributed by atoms with E-state index in [1.54, 1.807) is 4.90 Å². The fourth-order valence-corrected chi connectivity index (χ4v) is 5.68. The maximum atomic E-state index is 13.4. The summed E-state index contributed by atoms with van der Waals surface area (Å²) in [4.78, 5) is 39.2. The van der Waals surface area contributed by atoms with Crippen LogP contribution in [-0.4, -0.2) is 66.4 Å². The molecule has 2 fully saturated rings. The fraction of sp³-hybridized carbons (Fsp3) is 0.444. The second-order valence-corrected chi connectivity index (χ2v) is 9.49. The normalized spacial score (nSPS) is 21.5. The largest absolute Gasteiger partial charge is 0.481 e. The number of aliphatic carboxylic acids is 1. The summed E-state index contributed by atoms with van der Waals surface area (Å²) in [6.45, 7) is 1.82. The van der Waals surface area contributed by atoms with Gasteiger partial charge in [-0.05, 0) is 41.5 Å². The molecule has 8 nitrogen and oxygen atoms in total. The molecule has 35 heavy (non-hydrogen) atoms. The first-order chi connectivity index (χ1) is 17.0. The molecule has 1 aliphatic carbocycles. The van der Waals surface area contributed by atoms with Crippen LogP contribution in [0.15, 0.2) is 48.5 Å². The monoisotopic (exact) mass is 478 g/mol. The molecule has 2 aliphatic heterocycles. The lowest BCUT2D eigenvalue weighted by Gasteiger charge is -2.38. The van der Waals surface area contributed by atoms with Crippen LogP contribution >= 0.6 is 0 Å². The van der Waals surface area contributed by atoms with Crippen molar-refractivity contribution < 1.29 is 29.0 Å². The Balaban J connectivity index is 1.26. The Morgan fingerprint density at radius 3 is 2.43 bits per heavy atom. The maximum Gasteiger partial charge on any atom is 0.407 e. The molecule has 2 aromatic rings. The number of piperidine rings is 1. The third kappa shape index (κ3) is 4.75. The molecule has 2 saturated heterocycles. The number of likely N-dealkylation sites (tertiary alicyclic amines) is 1. The van der Waals surface area contributed by atoms with E-state index in [2.05, 4.69) is 17.4 Å². The van der Waals surface area contributed by atoms with Crippen LogP contribution in [-0.2, 0) is 19.1 Å². The van der Waals surface area contributed by atoms with Crippen molar-refractivity contribution in [2.24, 2.45) is 5.92 Å². The molecular formula is C27H30N2O6. The third-order valence-corrected chi connectivity index (χ3v) is 7.40. The predicted octanol–water partition coefficient (Wildman–Crippen LogP) is 3.40. The fourth-order valence-electron chi connectivity index (χ4n) is 5.68. The topological polar surface area (TPSA) is 105 Å². The highest BCUT2D eigenvalue weighted by Gasteiger charge is 2.41. The number of carboxylic acid groups (broad SMARTS) is 1. The van der Waals surface area contributed by atoms with Gasteiger partial charge in [-0.2, -0.15) is 0 Å². The van der Waals surface area contributed by atoms with Crippen LogP contribution in [0.2, 0.25) is 0 Å². The summed E-state index contributed by atoms with van der Waals surface area (Å²) in [5, 5.41) is 11.8. The number of benzene rings is 2. The molecule has 3 aliphatic rings. The quantitative estimate of drug-likeness (QED) is 0.632. The van der Waals surface area contributed by atoms with E-state index in [1.807, 2.05) is 36.4 Å². The number of hydrogen-bond donors (Lipinski definition) is 2. The van der Waals surface area contributed by atoms with Crippen LogP contribution in [0, 0.1) is 5.92 Å². The molecule has 0 spiro atoms. The predicted molar refractivity (Wildman–Crippen MR) is 128 cm³/mol. The van der Waals surface area contributed by atoms with Gasteiger partial charge in [-0.15, -0.1) is 0 Å². The number of amides is 2. The number of fused-ring (bicyclic) bond motifs is 4. The van der Waals surface area contributed by atoms with Gasteiger partial charge >= 0.3 is 12.1 Å². The molecule has 1 unspecified atom stereocenters. The van der Waals surface area contributed by atoms with Gasteiger partial charge in [0.25, 0.3) is 0 Å². The summed E-state index contributed by atoms with van der Waals surface area (Å²) in [7, 11) is 0. The average Bonchev–Trinajstić information content (AvgIpc) is 3.47. The van der Waals surface area contributed by atoms with Crippen molar-refractivity contribution in [1.82, 2.24) is 10.2 Å². The van der Waals surface area contributed by atoms with Crippen molar-refractivity contribution in [3.8, 4) is 11.1 Å². The number of carboxylic acids is 1. The van der Waals surface area contributed by atoms with E-state index >= 15 is 0 Å². The van der Waals surface area contributed by atoms with Crippen LogP contribution in [0.1, 0.15) is 42.7 Å². The van der Waals surface area contributed by atoms with Gasteiger partial charge in [-0.3, -0.25) is 9.59 Å². The second-order valence-electron chi connectivity index (χ2n) is 9.49. The van der Waals surface area contributed by atoms with Crippen molar-refractivity contribution in [3.05, 3.63) is 59.7 Å². The highest BCUT2D eigenvalue weighted by Crippen LogP contribution is 2.44. The van der Waals surface area contributed by atoms with Crippen LogP contribution in [0.4, 0.5) is 4.79 Å². The Morgan fingerprint density at radius 2 is 1.74 bits per heavy atom. The summed E-state index contributed by atoms with van der Waals surface area (Å²) in [5.74, 6) is -1.08. The van der Waals surface area contributed by atoms with E-state index in [1.165, 1.54) is 0 Å². The van der Waals surface area contributed by atoms with Crippen molar-refractivity contribution >= 4 is 18.0 Å². The lowest BCUT2D eigenvalue weighted by Crippen LogP contribution is -2.55. The molecular weight excluding hydrogens is 448 g/mol. The number of carbonyl (C=O) groups excluding carboxylic acids is 2. The molecule has 2 N–H and O–H groups in total. The Morgan fingerprint density at radius 1 is 1.06 bits per heavy atom. The summed E-state index contributed by atoms with van der Waals surface area (Å²) in [5.41, 5.74) is 4.45. The summed E-state index contributed by atoms with van der Waals surface area (Å²) in [6, 6.07) is 15.1. The number of nitrogens with zero attached hydrogens (tertiary/aromatic N) is 1. The summed E-state index contributed by atoms with van der Waals surface area (Å²) >= 11 is 0. The minimum absolute atomic E-state index is 0.00705. The number of hydrogen-bond acceptors (Lipinski definition) is 5. The van der Waals surface area contributed by atoms with Crippen molar-refractivity contribution in [2.75, 3.05) is 26.4 Å². The van der Waals surface area contributed by atoms with Gasteiger partial charge in [0, 0.05) is 24.8 Å². The second kappa shape index (κ2) is 10.1. The first-order valence-electron chi connectivity index (χ1n) is 12.2. The smallest absolute Gasteiger partial charge is 0.407 e. The molecule has 0 aromatic heterocycles. The lowest BCUT2D eigenvalue weighted by atomic mass is 9.91. The zero-order chi connectivity index (χ0) is 24.4. The van der Waals surface area contributed by atoms with E-state index < -0.39 is 18.1 Å². The summed E-state index contributed by atoms with van der Waals surface area (Å²) < 4.78 is 11.2. The van der Waals surface area contributed by atoms with E-state index in [0.717, 1.165) is 35.1 Å². The molecule has 5 rings (SSSR count). The standard InChI is InChI=1S/C27H30N2O6/c30-25(31)12-11-23(26(32)29-13-5-6-17-14-34-16-24(17)29)28-27(33)35-15-22-20-9-3-1-7-18(20)19-8-2-4-10-21(19)22/h1-4,7-10,17,22-24H,5-6,11-16H2,(H,28,33)(H,30,31)/t17-,23?,24+/m1/s1. The highest BCUT2D eigenvalue weighted by molar-refractivity contribution is 5.86. The Hall–Kier alpha value is -3.39. The van der Waals surface area contributed by atoms with Gasteiger partial charge in [0.15, 0.2) is 0 Å². The minimum Gasteiger partial charge on any atom is -0.481 e. The highest BCUT2D eigenvalue weighted by atomic mass is 16.5. The van der Waals surface area contributed by atoms with Gasteiger partial charge in [0.2, 0.25) is 5.91 Å². The van der Waals surface area contributed by atoms with Gasteiger partial charge in [-0.1, -0.05) is 48.5 Å². The van der Waals surface area contributed by atoms with E-state index in [-0.39, 0.29) is 37.3 Å². The van der Waals surface area contributed by atoms with Gasteiger partial charge in [0.05, 0.1) is 19.3 Å². The van der Waals surface area contributed by atoms with Gasteiger partial charge in [-0.25, -0.2) is 4.79 Å². The summed E-state index contributed by atoms with van der Waals surface area (Å²) in [6.07, 6.45) is 0.943. The third-order valence-electron chi connectivity index (χ3n) is 7.40. The molecule has 0 bridgehead atoms. The number of rotatable bonds is 7. The van der Waals surface area contributed by atoms with Crippen molar-refractivity contribution in [1.29, 1.82) is 0 Å². The zero-order valence-electron chi connectivity index (χ0n) is 19.5. The maximum absolute atomic E-state index is 13.4. The molecule has 184 valence electrons. The van der Waals surface area contributed by atoms with Gasteiger partial charge in [0.1, 0.15) is 12.6 Å². The van der Waals surface area contributed by atoms with Crippen molar-refractivity contribution in [3.63, 3.8) is 0 Å². The van der Waals surface area contributed by atoms with Crippen LogP contribution < -0.4 is 5.32 Å². The number of ether oxygens (including phenoxy) is 2. The van der Waals surface area contributed by atoms with E-state index in [0.29, 0.717) is 25.7 Å². The Labute approximate surface area is 204 Å².